The van der Waals surface area contributed by atoms with Crippen LogP contribution in [0.3, 0.4) is 0 Å². The summed E-state index contributed by atoms with van der Waals surface area (Å²) in [5, 5.41) is 38.3. The Labute approximate surface area is 801 Å². The van der Waals surface area contributed by atoms with E-state index in [9.17, 15) is 48.6 Å². The Hall–Kier alpha value is -12.0. The zero-order valence-corrected chi connectivity index (χ0v) is 81.2. The Morgan fingerprint density at radius 1 is 0.504 bits per heavy atom. The predicted molar refractivity (Wildman–Crippen MR) is 530 cm³/mol. The fourth-order valence-electron chi connectivity index (χ4n) is 16.1. The molecule has 2 aromatic heterocycles. The summed E-state index contributed by atoms with van der Waals surface area (Å²) in [6, 6.07) is 71.8. The lowest BCUT2D eigenvalue weighted by molar-refractivity contribution is -0.146. The molecule has 135 heavy (non-hydrogen) atoms. The standard InChI is InChI=1S/C53H63N5O8S.C30H40N2O8S.C25H27NO/c1-7-44(38-14-10-8-11-15-38)48(39-16-12-9-13-17-39)40-22-24-43(25-23-40)66-27-26-57(6)47(61)34-65-29-28-64-33-46(60)56-50(53(3,4)5)52(63)58-32-42(59)30-45(58)51(62)54-31-37-18-20-41(21-19-37)49-36(2)55-35-67-49;1-19-28(41-18-31-19)21-8-5-20(6-9-21)7-10-26(35)25-14-22(33)15-32(25)29(38)24(30(2,3)4)13-23(34)16-39-11-12-40-17-27(36)37;1-3-24(20-10-6-4-7-11-20)25(21-12-8-5-9-13-21)22-14-16-23(17-15-22)27-19-18-26-2/h8-25,35,42,45,50,59H,7,26-34H2,1-6H3,(H,54,62)(H,56,60);5-6,8-9,18,22,24-25,33H,7,10-17H2,1-4H3,(H,36,37);4-17,26H,3,18-19H2,1-2H3/b48-44-;;25-24-/t42-,45+,50-;22-,24-,25+;/m11./s1. The number of aromatic nitrogens is 2. The second-order valence-electron chi connectivity index (χ2n) is 35.6. The number of amides is 5. The number of aliphatic carboxylic acids is 1. The number of carboxylic acid groups (broad SMARTS) is 1. The molecule has 5 amide bonds. The van der Waals surface area contributed by atoms with Gasteiger partial charge in [0.05, 0.1) is 83.4 Å². The maximum Gasteiger partial charge on any atom is 0.329 e. The smallest absolute Gasteiger partial charge is 0.329 e. The Morgan fingerprint density at radius 2 is 0.933 bits per heavy atom. The minimum absolute atomic E-state index is 0.0329. The average Bonchev–Trinajstić information content (AvgIpc) is 1.66. The van der Waals surface area contributed by atoms with Crippen molar-refractivity contribution in [1.29, 1.82) is 0 Å². The first-order chi connectivity index (χ1) is 64.9. The van der Waals surface area contributed by atoms with E-state index >= 15 is 0 Å². The highest BCUT2D eigenvalue weighted by Crippen LogP contribution is 2.40. The van der Waals surface area contributed by atoms with E-state index in [2.05, 4.69) is 185 Å². The average molecular weight is 1880 g/mol. The van der Waals surface area contributed by atoms with E-state index in [1.165, 1.54) is 59.2 Å². The van der Waals surface area contributed by atoms with E-state index < -0.39 is 71.5 Å². The molecule has 12 rings (SSSR count). The zero-order valence-electron chi connectivity index (χ0n) is 79.6. The SMILES string of the molecule is CC/C(=C(\c1ccccc1)c1ccc(OCCN(C)C(=O)COCCOCC(=O)N[C@H](C(=O)N2C[C@H](O)C[C@H]2C(=O)NCc2ccc(-c3scnc3C)cc2)C(C)(C)C)cc1)c1ccccc1.CC/C(=C(\c1ccccc1)c1ccc(OCCNC)cc1)c1ccccc1.Cc1ncsc1-c1ccc(CCC(=O)[C@@H]2C[C@@H](O)CN2C(=O)[C@@H](CC(=O)COCCOCC(=O)O)C(C)(C)C)cc1. The number of rotatable bonds is 44. The van der Waals surface area contributed by atoms with Crippen LogP contribution in [0.2, 0.25) is 0 Å². The third-order valence-corrected chi connectivity index (χ3v) is 25.4. The molecule has 8 aromatic carbocycles. The number of Topliss-reactive ketones (excluding diaryl/α,β-unsaturated/α-hetero) is 2. The summed E-state index contributed by atoms with van der Waals surface area (Å²) in [5.41, 5.74) is 20.5. The number of hydrogen-bond donors (Lipinski definition) is 6. The zero-order chi connectivity index (χ0) is 97.0. The van der Waals surface area contributed by atoms with Crippen molar-refractivity contribution in [2.24, 2.45) is 16.7 Å². The van der Waals surface area contributed by atoms with Crippen LogP contribution in [-0.4, -0.2) is 224 Å². The maximum absolute atomic E-state index is 14.0. The van der Waals surface area contributed by atoms with Gasteiger partial charge in [0, 0.05) is 64.8 Å². The summed E-state index contributed by atoms with van der Waals surface area (Å²) in [4.78, 5) is 119. The van der Waals surface area contributed by atoms with Crippen molar-refractivity contribution in [3.8, 4) is 32.4 Å². The summed E-state index contributed by atoms with van der Waals surface area (Å²) in [7, 11) is 3.61. The van der Waals surface area contributed by atoms with E-state index in [0.717, 1.165) is 79.7 Å². The summed E-state index contributed by atoms with van der Waals surface area (Å²) in [6.45, 7) is 20.8. The minimum atomic E-state index is -1.09. The highest BCUT2D eigenvalue weighted by molar-refractivity contribution is 7.13. The van der Waals surface area contributed by atoms with Gasteiger partial charge in [0.2, 0.25) is 29.5 Å². The Bertz CT molecular complexity index is 5510. The molecule has 2 aliphatic rings. The number of allylic oxidation sites excluding steroid dienone is 2. The van der Waals surface area contributed by atoms with Crippen LogP contribution in [0.15, 0.2) is 229 Å². The van der Waals surface area contributed by atoms with Gasteiger partial charge in [-0.2, -0.15) is 0 Å². The first kappa shape index (κ1) is 105. The molecule has 25 nitrogen and oxygen atoms in total. The number of aryl methyl sites for hydroxylation is 3. The van der Waals surface area contributed by atoms with Gasteiger partial charge in [-0.25, -0.2) is 14.8 Å². The number of carbonyl (C=O) groups is 8. The van der Waals surface area contributed by atoms with Crippen LogP contribution < -0.4 is 25.4 Å². The van der Waals surface area contributed by atoms with Crippen LogP contribution in [0.4, 0.5) is 0 Å². The summed E-state index contributed by atoms with van der Waals surface area (Å²) < 4.78 is 33.0. The minimum Gasteiger partial charge on any atom is -0.492 e. The highest BCUT2D eigenvalue weighted by Gasteiger charge is 2.46. The van der Waals surface area contributed by atoms with Crippen molar-refractivity contribution >= 4 is 92.0 Å². The van der Waals surface area contributed by atoms with Crippen molar-refractivity contribution < 1.29 is 82.1 Å². The topological polar surface area (TPSA) is 324 Å². The number of thiazole rings is 2. The van der Waals surface area contributed by atoms with E-state index in [1.54, 1.807) is 29.7 Å². The summed E-state index contributed by atoms with van der Waals surface area (Å²) in [6.07, 6.45) is 1.08. The van der Waals surface area contributed by atoms with Gasteiger partial charge < -0.3 is 74.4 Å². The van der Waals surface area contributed by atoms with E-state index in [0.29, 0.717) is 31.9 Å². The number of ether oxygens (including phenoxy) is 6. The number of likely N-dealkylation sites (N-methyl/N-ethyl adjacent to an activating group) is 2. The lowest BCUT2D eigenvalue weighted by atomic mass is 9.76. The molecule has 0 spiro atoms. The van der Waals surface area contributed by atoms with Crippen molar-refractivity contribution in [2.45, 2.75) is 151 Å². The van der Waals surface area contributed by atoms with Gasteiger partial charge in [-0.1, -0.05) is 250 Å². The number of carboxylic acids is 1. The lowest BCUT2D eigenvalue weighted by Gasteiger charge is -2.35. The molecule has 2 aliphatic heterocycles. The van der Waals surface area contributed by atoms with Gasteiger partial charge in [0.25, 0.3) is 0 Å². The van der Waals surface area contributed by atoms with Crippen LogP contribution in [0.25, 0.3) is 43.2 Å². The molecule has 10 aromatic rings. The number of nitrogens with one attached hydrogen (secondary N) is 3. The van der Waals surface area contributed by atoms with Gasteiger partial charge in [-0.3, -0.25) is 33.6 Å². The number of hydrogen-bond acceptors (Lipinski definition) is 21. The Kier molecular flexibility index (Phi) is 41.0. The second kappa shape index (κ2) is 52.7. The maximum atomic E-state index is 14.0. The second-order valence-corrected chi connectivity index (χ2v) is 37.3. The number of aliphatic hydroxyl groups excluding tert-OH is 2. The number of ketones is 2. The number of nitrogens with zero attached hydrogens (tertiary/aromatic N) is 5. The molecule has 6 atom stereocenters. The normalized spacial score (nSPS) is 15.6. The molecule has 2 fully saturated rings. The first-order valence-corrected chi connectivity index (χ1v) is 47.8. The van der Waals surface area contributed by atoms with Crippen LogP contribution >= 0.6 is 22.7 Å². The molecule has 6 N–H and O–H groups in total. The van der Waals surface area contributed by atoms with Crippen molar-refractivity contribution in [1.82, 2.24) is 40.6 Å². The molecule has 2 saturated heterocycles. The van der Waals surface area contributed by atoms with Gasteiger partial charge >= 0.3 is 5.97 Å². The third kappa shape index (κ3) is 31.8. The molecule has 27 heteroatoms. The molecule has 0 unspecified atom stereocenters. The van der Waals surface area contributed by atoms with Crippen LogP contribution in [0, 0.1) is 30.6 Å². The number of carbonyl (C=O) groups excluding carboxylic acids is 7. The number of aliphatic hydroxyl groups is 2. The molecular formula is C108H130N8O17S2. The first-order valence-electron chi connectivity index (χ1n) is 46.1. The molecule has 0 saturated carbocycles. The van der Waals surface area contributed by atoms with Crippen molar-refractivity contribution in [3.63, 3.8) is 0 Å². The van der Waals surface area contributed by atoms with E-state index in [-0.39, 0.29) is 121 Å². The summed E-state index contributed by atoms with van der Waals surface area (Å²) in [5.74, 6) is -2.52. The highest BCUT2D eigenvalue weighted by atomic mass is 32.1. The van der Waals surface area contributed by atoms with Crippen LogP contribution in [0.1, 0.15) is 150 Å². The van der Waals surface area contributed by atoms with Crippen molar-refractivity contribution in [2.75, 3.05) is 106 Å². The monoisotopic (exact) mass is 1870 g/mol. The predicted octanol–water partition coefficient (Wildman–Crippen LogP) is 16.1. The van der Waals surface area contributed by atoms with Crippen molar-refractivity contribution in [3.05, 3.63) is 285 Å². The third-order valence-electron chi connectivity index (χ3n) is 23.4. The number of β-amino-alcohol motifs (C(OH)–C–C–N with tert-alkyl or cyclic N) is 2. The van der Waals surface area contributed by atoms with E-state index in [1.807, 2.05) is 146 Å². The van der Waals surface area contributed by atoms with Gasteiger partial charge in [-0.15, -0.1) is 22.7 Å². The molecular weight excluding hydrogens is 1750 g/mol. The van der Waals surface area contributed by atoms with E-state index in [4.69, 9.17) is 33.5 Å². The fourth-order valence-corrected chi connectivity index (χ4v) is 17.8. The Balaban J connectivity index is 0.000000234. The van der Waals surface area contributed by atoms with Crippen LogP contribution in [-0.2, 0) is 70.3 Å². The summed E-state index contributed by atoms with van der Waals surface area (Å²) >= 11 is 3.15. The molecule has 716 valence electrons. The molecule has 0 radical (unpaired) electrons. The van der Waals surface area contributed by atoms with Gasteiger partial charge in [0.15, 0.2) is 11.6 Å². The molecule has 4 heterocycles. The fraction of sp³-hybridized carbons (Fsp3) is 0.389. The molecule has 0 bridgehead atoms. The van der Waals surface area contributed by atoms with Crippen LogP contribution in [0.5, 0.6) is 11.5 Å². The largest absolute Gasteiger partial charge is 0.492 e. The Morgan fingerprint density at radius 3 is 1.38 bits per heavy atom. The number of benzene rings is 8. The molecule has 0 aliphatic carbocycles. The number of likely N-dealkylation sites (tertiary alicyclic amines) is 2. The van der Waals surface area contributed by atoms with Gasteiger partial charge in [-0.05, 0) is 153 Å². The van der Waals surface area contributed by atoms with Gasteiger partial charge in [0.1, 0.15) is 63.2 Å². The lowest BCUT2D eigenvalue weighted by Crippen LogP contribution is -2.58. The quantitative estimate of drug-likeness (QED) is 0.0153.